The molecule has 10 heteroatoms. The summed E-state index contributed by atoms with van der Waals surface area (Å²) >= 11 is 0. The maximum Gasteiger partial charge on any atom is 0.199 e. The predicted molar refractivity (Wildman–Crippen MR) is 160 cm³/mol. The zero-order valence-corrected chi connectivity index (χ0v) is 28.0. The molecule has 18 unspecified atom stereocenters. The van der Waals surface area contributed by atoms with Crippen molar-refractivity contribution in [2.75, 3.05) is 6.61 Å². The molecule has 45 heavy (non-hydrogen) atoms. The van der Waals surface area contributed by atoms with Crippen molar-refractivity contribution in [2.45, 2.75) is 160 Å². The monoisotopic (exact) mass is 636 g/mol. The Kier molecular flexibility index (Phi) is 6.53. The highest BCUT2D eigenvalue weighted by Crippen LogP contribution is 2.90. The van der Waals surface area contributed by atoms with E-state index in [-0.39, 0.29) is 52.1 Å². The van der Waals surface area contributed by atoms with Crippen LogP contribution in [0.25, 0.3) is 0 Å². The molecule has 10 nitrogen and oxygen atoms in total. The van der Waals surface area contributed by atoms with E-state index in [1.807, 2.05) is 0 Å². The molecule has 0 amide bonds. The minimum Gasteiger partial charge on any atom is -0.390 e. The summed E-state index contributed by atoms with van der Waals surface area (Å²) in [5.74, 6) is -0.957. The minimum atomic E-state index is -1.30. The van der Waals surface area contributed by atoms with Crippen molar-refractivity contribution >= 4 is 0 Å². The van der Waals surface area contributed by atoms with Crippen LogP contribution in [-0.2, 0) is 18.9 Å². The molecule has 3 saturated heterocycles. The van der Waals surface area contributed by atoms with Crippen LogP contribution in [0.1, 0.15) is 93.4 Å². The van der Waals surface area contributed by atoms with Gasteiger partial charge in [0.2, 0.25) is 0 Å². The summed E-state index contributed by atoms with van der Waals surface area (Å²) in [6, 6.07) is 0. The van der Waals surface area contributed by atoms with E-state index >= 15 is 0 Å². The summed E-state index contributed by atoms with van der Waals surface area (Å²) in [6.45, 7) is 14.6. The number of hydrogen-bond acceptors (Lipinski definition) is 10. The van der Waals surface area contributed by atoms with Crippen LogP contribution in [0.2, 0.25) is 0 Å². The third-order valence-corrected chi connectivity index (χ3v) is 16.0. The molecule has 5 aliphatic carbocycles. The molecule has 3 heterocycles. The summed E-state index contributed by atoms with van der Waals surface area (Å²) in [5.41, 5.74) is -2.04. The lowest BCUT2D eigenvalue weighted by Crippen LogP contribution is -2.61. The van der Waals surface area contributed by atoms with Crippen molar-refractivity contribution < 1.29 is 49.6 Å². The molecule has 18 atom stereocenters. The zero-order valence-electron chi connectivity index (χ0n) is 28.0. The molecular formula is C35H56O10. The molecule has 3 aliphatic heterocycles. The summed E-state index contributed by atoms with van der Waals surface area (Å²) in [4.78, 5) is 0. The van der Waals surface area contributed by atoms with Crippen molar-refractivity contribution in [3.63, 3.8) is 0 Å². The Balaban J connectivity index is 1.11. The average molecular weight is 637 g/mol. The number of ether oxygens (including phenoxy) is 4. The lowest BCUT2D eigenvalue weighted by Gasteiger charge is -2.63. The Bertz CT molecular complexity index is 1240. The number of hydrogen-bond donors (Lipinski definition) is 6. The molecule has 0 aromatic carbocycles. The van der Waals surface area contributed by atoms with Gasteiger partial charge in [0.25, 0.3) is 0 Å². The van der Waals surface area contributed by atoms with Crippen LogP contribution in [0.15, 0.2) is 0 Å². The highest BCUT2D eigenvalue weighted by Gasteiger charge is 2.88. The van der Waals surface area contributed by atoms with Crippen LogP contribution < -0.4 is 0 Å². The first-order valence-electron chi connectivity index (χ1n) is 17.6. The van der Waals surface area contributed by atoms with Crippen molar-refractivity contribution in [3.8, 4) is 0 Å². The van der Waals surface area contributed by atoms with Gasteiger partial charge in [-0.05, 0) is 98.2 Å². The Hall–Kier alpha value is -0.400. The molecule has 3 spiro atoms. The number of rotatable bonds is 3. The van der Waals surface area contributed by atoms with E-state index in [1.54, 1.807) is 13.8 Å². The molecular weight excluding hydrogens is 580 g/mol. The summed E-state index contributed by atoms with van der Waals surface area (Å²) in [6.07, 6.45) is -1.07. The minimum absolute atomic E-state index is 0.0727. The number of aliphatic hydroxyl groups is 6. The maximum atomic E-state index is 12.7. The molecule has 0 aromatic heterocycles. The van der Waals surface area contributed by atoms with Gasteiger partial charge in [0.05, 0.1) is 24.4 Å². The molecule has 8 fully saturated rings. The van der Waals surface area contributed by atoms with Gasteiger partial charge >= 0.3 is 0 Å². The second-order valence-electron chi connectivity index (χ2n) is 18.3. The van der Waals surface area contributed by atoms with E-state index in [0.717, 1.165) is 44.9 Å². The predicted octanol–water partition coefficient (Wildman–Crippen LogP) is 2.09. The third kappa shape index (κ3) is 3.51. The van der Waals surface area contributed by atoms with Crippen LogP contribution in [0, 0.1) is 50.7 Å². The molecule has 5 saturated carbocycles. The molecule has 6 N–H and O–H groups in total. The summed E-state index contributed by atoms with van der Waals surface area (Å²) in [7, 11) is 0. The fourth-order valence-electron chi connectivity index (χ4n) is 13.9. The van der Waals surface area contributed by atoms with Crippen LogP contribution in [0.3, 0.4) is 0 Å². The van der Waals surface area contributed by atoms with Gasteiger partial charge in [0.15, 0.2) is 12.1 Å². The van der Waals surface area contributed by atoms with E-state index in [9.17, 15) is 30.6 Å². The van der Waals surface area contributed by atoms with Crippen molar-refractivity contribution in [3.05, 3.63) is 0 Å². The standard InChI is InChI=1S/C35H56O10/c1-16-21(37)24-26(30(4,5)41)45-35(44-24)25(16)31(6)12-13-34-15-33(34)11-10-20(43-27-23(39)22(38)17(36)14-42-27)29(2,3)18(33)8-9-19(34)32(31,7)28(35)40/h16-28,36-41H,8-15H2,1-7H3. The Morgan fingerprint density at radius 1 is 0.800 bits per heavy atom. The van der Waals surface area contributed by atoms with Gasteiger partial charge in [-0.1, -0.05) is 34.6 Å². The first-order valence-corrected chi connectivity index (χ1v) is 17.6. The van der Waals surface area contributed by atoms with Crippen LogP contribution >= 0.6 is 0 Å². The third-order valence-electron chi connectivity index (χ3n) is 16.0. The second kappa shape index (κ2) is 9.23. The molecule has 0 aromatic rings. The van der Waals surface area contributed by atoms with Crippen LogP contribution in [0.5, 0.6) is 0 Å². The van der Waals surface area contributed by atoms with Crippen LogP contribution in [0.4, 0.5) is 0 Å². The van der Waals surface area contributed by atoms with E-state index < -0.39 is 65.8 Å². The zero-order chi connectivity index (χ0) is 32.5. The molecule has 2 bridgehead atoms. The van der Waals surface area contributed by atoms with Crippen molar-refractivity contribution in [2.24, 2.45) is 50.7 Å². The van der Waals surface area contributed by atoms with Crippen molar-refractivity contribution in [1.82, 2.24) is 0 Å². The molecule has 256 valence electrons. The van der Waals surface area contributed by atoms with Gasteiger partial charge in [-0.25, -0.2) is 0 Å². The lowest BCUT2D eigenvalue weighted by atomic mass is 9.41. The first-order chi connectivity index (χ1) is 20.8. The van der Waals surface area contributed by atoms with E-state index in [2.05, 4.69) is 34.6 Å². The van der Waals surface area contributed by atoms with E-state index in [1.165, 1.54) is 0 Å². The van der Waals surface area contributed by atoms with Gasteiger partial charge in [0.1, 0.15) is 36.6 Å². The lowest BCUT2D eigenvalue weighted by molar-refractivity contribution is -0.303. The molecule has 0 radical (unpaired) electrons. The highest BCUT2D eigenvalue weighted by atomic mass is 16.8. The Morgan fingerprint density at radius 2 is 1.47 bits per heavy atom. The van der Waals surface area contributed by atoms with Gasteiger partial charge < -0.3 is 49.6 Å². The van der Waals surface area contributed by atoms with E-state index in [0.29, 0.717) is 5.92 Å². The largest absolute Gasteiger partial charge is 0.390 e. The maximum absolute atomic E-state index is 12.7. The Morgan fingerprint density at radius 3 is 2.16 bits per heavy atom. The molecule has 8 aliphatic rings. The highest BCUT2D eigenvalue weighted by molar-refractivity contribution is 5.34. The fraction of sp³-hybridized carbons (Fsp3) is 1.00. The summed E-state index contributed by atoms with van der Waals surface area (Å²) < 4.78 is 25.5. The Labute approximate surface area is 266 Å². The average Bonchev–Trinajstić information content (AvgIpc) is 3.44. The van der Waals surface area contributed by atoms with Gasteiger partial charge in [0, 0.05) is 11.3 Å². The quantitative estimate of drug-likeness (QED) is 0.254. The van der Waals surface area contributed by atoms with Gasteiger partial charge in [-0.3, -0.25) is 0 Å². The van der Waals surface area contributed by atoms with Gasteiger partial charge in [-0.2, -0.15) is 0 Å². The summed E-state index contributed by atoms with van der Waals surface area (Å²) in [5, 5.41) is 66.1. The topological polar surface area (TPSA) is 158 Å². The van der Waals surface area contributed by atoms with Gasteiger partial charge in [-0.15, -0.1) is 0 Å². The van der Waals surface area contributed by atoms with Crippen LogP contribution in [-0.4, -0.2) is 104 Å². The second-order valence-corrected chi connectivity index (χ2v) is 18.3. The smallest absolute Gasteiger partial charge is 0.199 e. The first kappa shape index (κ1) is 31.8. The fourth-order valence-corrected chi connectivity index (χ4v) is 13.9. The normalized spacial score (nSPS) is 62.7. The SMILES string of the molecule is CC1C(O)C2OC3(OC2C(C)(C)O)C1C1(C)CCC24CC25CCC(OC2OCC(O)C(O)C2O)C(C)(C)C5CCC4C1(C)C3O. The number of aliphatic hydroxyl groups excluding tert-OH is 5. The number of fused-ring (bicyclic) bond motifs is 4. The van der Waals surface area contributed by atoms with Crippen molar-refractivity contribution in [1.29, 1.82) is 0 Å². The molecule has 8 rings (SSSR count). The van der Waals surface area contributed by atoms with E-state index in [4.69, 9.17) is 18.9 Å².